The molecule has 0 N–H and O–H groups in total. The van der Waals surface area contributed by atoms with Gasteiger partial charge in [0.25, 0.3) is 0 Å². The molecule has 1 nitrogen and oxygen atoms in total. The highest BCUT2D eigenvalue weighted by molar-refractivity contribution is 6.08. The van der Waals surface area contributed by atoms with Crippen molar-refractivity contribution in [2.75, 3.05) is 0 Å². The van der Waals surface area contributed by atoms with Gasteiger partial charge >= 0.3 is 0 Å². The fourth-order valence-electron chi connectivity index (χ4n) is 0.228. The second kappa shape index (κ2) is 5.20. The van der Waals surface area contributed by atoms with Gasteiger partial charge in [0.05, 0.1) is 0 Å². The molecule has 0 atom stereocenters. The summed E-state index contributed by atoms with van der Waals surface area (Å²) in [5.74, 6) is 0. The molecular formula is C4H8AlO. The average Bonchev–Trinajstić information content (AvgIpc) is 1.61. The van der Waals surface area contributed by atoms with Crippen molar-refractivity contribution < 1.29 is 4.79 Å². The highest BCUT2D eigenvalue weighted by Gasteiger charge is 1.75. The van der Waals surface area contributed by atoms with Crippen molar-refractivity contribution in [2.45, 2.75) is 18.1 Å². The lowest BCUT2D eigenvalue weighted by atomic mass is 10.4. The SMILES string of the molecule is O=CCC[CH2][AlH]. The van der Waals surface area contributed by atoms with Gasteiger partial charge in [-0.1, -0.05) is 6.42 Å². The molecule has 33 valence electrons. The van der Waals surface area contributed by atoms with Crippen LogP contribution in [0.5, 0.6) is 0 Å². The Morgan fingerprint density at radius 1 is 1.67 bits per heavy atom. The second-order valence-corrected chi connectivity index (χ2v) is 1.87. The molecular weight excluding hydrogens is 91.0 g/mol. The molecule has 0 unspecified atom stereocenters. The summed E-state index contributed by atoms with van der Waals surface area (Å²) >= 11 is 1.91. The minimum absolute atomic E-state index is 0.740. The van der Waals surface area contributed by atoms with Gasteiger partial charge in [0, 0.05) is 6.42 Å². The van der Waals surface area contributed by atoms with Gasteiger partial charge < -0.3 is 4.79 Å². The number of carbonyl (C=O) groups excluding carboxylic acids is 1. The lowest BCUT2D eigenvalue weighted by molar-refractivity contribution is -0.107. The van der Waals surface area contributed by atoms with Crippen LogP contribution in [0.1, 0.15) is 12.8 Å². The summed E-state index contributed by atoms with van der Waals surface area (Å²) in [6.45, 7) is 0. The van der Waals surface area contributed by atoms with Crippen molar-refractivity contribution in [3.05, 3.63) is 0 Å². The fourth-order valence-corrected chi connectivity index (χ4v) is 0.516. The van der Waals surface area contributed by atoms with Crippen LogP contribution in [0.15, 0.2) is 0 Å². The number of hydrogen-bond acceptors (Lipinski definition) is 1. The number of carbonyl (C=O) groups is 1. The molecule has 2 heteroatoms. The number of hydrogen-bond donors (Lipinski definition) is 0. The number of rotatable bonds is 3. The zero-order chi connectivity index (χ0) is 4.83. The normalized spacial score (nSPS) is 8.00. The van der Waals surface area contributed by atoms with E-state index in [0.29, 0.717) is 0 Å². The van der Waals surface area contributed by atoms with Gasteiger partial charge in [0.15, 0.2) is 16.3 Å². The molecule has 0 saturated heterocycles. The van der Waals surface area contributed by atoms with Crippen molar-refractivity contribution in [3.8, 4) is 0 Å². The van der Waals surface area contributed by atoms with Crippen LogP contribution in [0.25, 0.3) is 0 Å². The molecule has 1 radical (unpaired) electrons. The van der Waals surface area contributed by atoms with Crippen molar-refractivity contribution in [1.82, 2.24) is 0 Å². The van der Waals surface area contributed by atoms with Crippen LogP contribution in [0.3, 0.4) is 0 Å². The molecule has 0 amide bonds. The maximum Gasteiger partial charge on any atom is 0.173 e. The molecule has 0 bridgehead atoms. The molecule has 0 saturated carbocycles. The van der Waals surface area contributed by atoms with Crippen molar-refractivity contribution in [1.29, 1.82) is 0 Å². The summed E-state index contributed by atoms with van der Waals surface area (Å²) in [5.41, 5.74) is 0. The number of unbranched alkanes of at least 4 members (excludes halogenated alkanes) is 1. The van der Waals surface area contributed by atoms with E-state index < -0.39 is 0 Å². The predicted octanol–water partition coefficient (Wildman–Crippen LogP) is 0.285. The lowest BCUT2D eigenvalue weighted by Crippen LogP contribution is -1.72. The summed E-state index contributed by atoms with van der Waals surface area (Å²) < 4.78 is 0. The molecule has 0 spiro atoms. The first kappa shape index (κ1) is 6.20. The second-order valence-electron chi connectivity index (χ2n) is 1.16. The Morgan fingerprint density at radius 3 is 2.50 bits per heavy atom. The highest BCUT2D eigenvalue weighted by Crippen LogP contribution is 1.85. The maximum absolute atomic E-state index is 9.57. The predicted molar refractivity (Wildman–Crippen MR) is 27.3 cm³/mol. The van der Waals surface area contributed by atoms with Crippen LogP contribution in [0.4, 0.5) is 0 Å². The Hall–Kier alpha value is 0.202. The molecule has 0 aliphatic rings. The fraction of sp³-hybridized carbons (Fsp3) is 0.750. The van der Waals surface area contributed by atoms with Gasteiger partial charge in [-0.15, -0.1) is 5.28 Å². The Balaban J connectivity index is 2.49. The highest BCUT2D eigenvalue weighted by atomic mass is 27.0. The molecule has 0 aliphatic carbocycles. The quantitative estimate of drug-likeness (QED) is 0.282. The molecule has 0 heterocycles. The summed E-state index contributed by atoms with van der Waals surface area (Å²) in [4.78, 5) is 9.57. The van der Waals surface area contributed by atoms with Crippen LogP contribution in [-0.2, 0) is 4.79 Å². The van der Waals surface area contributed by atoms with Gasteiger partial charge in [0.1, 0.15) is 6.29 Å². The first-order valence-electron chi connectivity index (χ1n) is 2.14. The van der Waals surface area contributed by atoms with Gasteiger partial charge in [-0.3, -0.25) is 0 Å². The third-order valence-electron chi connectivity index (χ3n) is 0.572. The summed E-state index contributed by atoms with van der Waals surface area (Å²) in [6.07, 6.45) is 2.76. The molecule has 0 rings (SSSR count). The van der Waals surface area contributed by atoms with Gasteiger partial charge in [-0.25, -0.2) is 0 Å². The summed E-state index contributed by atoms with van der Waals surface area (Å²) in [6, 6.07) is 0. The van der Waals surface area contributed by atoms with Crippen LogP contribution < -0.4 is 0 Å². The minimum atomic E-state index is 0.740. The van der Waals surface area contributed by atoms with Crippen molar-refractivity contribution in [2.24, 2.45) is 0 Å². The molecule has 0 aromatic carbocycles. The van der Waals surface area contributed by atoms with E-state index in [4.69, 9.17) is 0 Å². The third-order valence-corrected chi connectivity index (χ3v) is 1.07. The molecule has 0 fully saturated rings. The number of aldehydes is 1. The average molecular weight is 99.1 g/mol. The minimum Gasteiger partial charge on any atom is -0.303 e. The Kier molecular flexibility index (Phi) is 5.38. The Morgan fingerprint density at radius 2 is 2.33 bits per heavy atom. The first-order valence-corrected chi connectivity index (χ1v) is 3.14. The monoisotopic (exact) mass is 99.0 g/mol. The van der Waals surface area contributed by atoms with E-state index in [9.17, 15) is 4.79 Å². The van der Waals surface area contributed by atoms with E-state index in [1.165, 1.54) is 0 Å². The smallest absolute Gasteiger partial charge is 0.173 e. The van der Waals surface area contributed by atoms with Crippen molar-refractivity contribution in [3.63, 3.8) is 0 Å². The van der Waals surface area contributed by atoms with Gasteiger partial charge in [-0.05, 0) is 0 Å². The van der Waals surface area contributed by atoms with E-state index >= 15 is 0 Å². The van der Waals surface area contributed by atoms with E-state index in [1.807, 2.05) is 16.3 Å². The zero-order valence-electron chi connectivity index (χ0n) is 3.81. The van der Waals surface area contributed by atoms with Gasteiger partial charge in [-0.2, -0.15) is 0 Å². The third kappa shape index (κ3) is 4.20. The molecule has 0 aromatic rings. The molecule has 6 heavy (non-hydrogen) atoms. The van der Waals surface area contributed by atoms with E-state index in [-0.39, 0.29) is 0 Å². The van der Waals surface area contributed by atoms with Crippen LogP contribution in [0, 0.1) is 0 Å². The standard InChI is InChI=1S/C4H7O.Al.H/c1-2-3-4-5;;/h4H,1-3H2;;. The lowest BCUT2D eigenvalue weighted by Gasteiger charge is -1.79. The first-order chi connectivity index (χ1) is 2.91. The Bertz CT molecular complexity index is 36.5. The van der Waals surface area contributed by atoms with Gasteiger partial charge in [0.2, 0.25) is 0 Å². The van der Waals surface area contributed by atoms with E-state index in [2.05, 4.69) is 0 Å². The topological polar surface area (TPSA) is 17.1 Å². The molecule has 0 aliphatic heterocycles. The van der Waals surface area contributed by atoms with E-state index in [0.717, 1.165) is 24.4 Å². The van der Waals surface area contributed by atoms with E-state index in [1.54, 1.807) is 0 Å². The van der Waals surface area contributed by atoms with Crippen LogP contribution in [-0.4, -0.2) is 22.6 Å². The maximum atomic E-state index is 9.57. The largest absolute Gasteiger partial charge is 0.303 e. The zero-order valence-corrected chi connectivity index (χ0v) is 5.23. The van der Waals surface area contributed by atoms with Crippen LogP contribution >= 0.6 is 0 Å². The van der Waals surface area contributed by atoms with Crippen molar-refractivity contribution >= 4 is 22.6 Å². The Labute approximate surface area is 46.2 Å². The summed E-state index contributed by atoms with van der Waals surface area (Å²) in [7, 11) is 0. The molecule has 0 aromatic heterocycles. The summed E-state index contributed by atoms with van der Waals surface area (Å²) in [5, 5.41) is 1.15. The van der Waals surface area contributed by atoms with Crippen LogP contribution in [0.2, 0.25) is 5.28 Å².